The fourth-order valence-electron chi connectivity index (χ4n) is 2.12. The van der Waals surface area contributed by atoms with Crippen LogP contribution in [0.15, 0.2) is 24.3 Å². The molecule has 0 saturated carbocycles. The summed E-state index contributed by atoms with van der Waals surface area (Å²) in [7, 11) is 0. The minimum Gasteiger partial charge on any atom is -0.395 e. The summed E-state index contributed by atoms with van der Waals surface area (Å²) in [5.41, 5.74) is 5.51. The summed E-state index contributed by atoms with van der Waals surface area (Å²) in [6, 6.07) is -0.562. The van der Waals surface area contributed by atoms with Gasteiger partial charge in [0.25, 0.3) is 0 Å². The first-order valence-corrected chi connectivity index (χ1v) is 8.58. The minimum absolute atomic E-state index is 0.181. The van der Waals surface area contributed by atoms with Crippen LogP contribution < -0.4 is 5.73 Å². The fraction of sp³-hybridized carbons (Fsp3) is 0.778. The van der Waals surface area contributed by atoms with Crippen LogP contribution in [-0.2, 0) is 0 Å². The van der Waals surface area contributed by atoms with E-state index in [9.17, 15) is 5.11 Å². The van der Waals surface area contributed by atoms with Crippen molar-refractivity contribution >= 4 is 0 Å². The molecule has 0 amide bonds. The average Bonchev–Trinajstić information content (AvgIpc) is 2.50. The molecule has 0 spiro atoms. The minimum atomic E-state index is -0.726. The van der Waals surface area contributed by atoms with Crippen molar-refractivity contribution in [3.8, 4) is 0 Å². The normalized spacial score (nSPS) is 15.0. The zero-order valence-electron chi connectivity index (χ0n) is 13.7. The second-order valence-electron chi connectivity index (χ2n) is 5.72. The highest BCUT2D eigenvalue weighted by atomic mass is 16.3. The summed E-state index contributed by atoms with van der Waals surface area (Å²) in [5.74, 6) is 0. The van der Waals surface area contributed by atoms with Crippen molar-refractivity contribution in [2.24, 2.45) is 5.73 Å². The topological polar surface area (TPSA) is 66.5 Å². The molecule has 0 heterocycles. The molecule has 0 aliphatic rings. The van der Waals surface area contributed by atoms with E-state index in [0.717, 1.165) is 12.8 Å². The van der Waals surface area contributed by atoms with E-state index >= 15 is 0 Å². The zero-order valence-corrected chi connectivity index (χ0v) is 13.7. The van der Waals surface area contributed by atoms with Gasteiger partial charge in [-0.3, -0.25) is 0 Å². The molecule has 0 aromatic heterocycles. The van der Waals surface area contributed by atoms with Gasteiger partial charge in [-0.2, -0.15) is 0 Å². The quantitative estimate of drug-likeness (QED) is 0.338. The Morgan fingerprint density at radius 1 is 0.857 bits per heavy atom. The van der Waals surface area contributed by atoms with Crippen LogP contribution >= 0.6 is 0 Å². The highest BCUT2D eigenvalue weighted by molar-refractivity contribution is 4.93. The van der Waals surface area contributed by atoms with Gasteiger partial charge in [0.1, 0.15) is 0 Å². The van der Waals surface area contributed by atoms with Crippen LogP contribution in [0.25, 0.3) is 0 Å². The predicted octanol–water partition coefficient (Wildman–Crippen LogP) is 3.70. The Bertz CT molecular complexity index is 264. The Kier molecular flexibility index (Phi) is 15.3. The van der Waals surface area contributed by atoms with E-state index in [0.29, 0.717) is 0 Å². The summed E-state index contributed by atoms with van der Waals surface area (Å²) in [5, 5.41) is 18.3. The van der Waals surface area contributed by atoms with E-state index in [1.54, 1.807) is 6.08 Å². The molecular formula is C18H35NO2. The Morgan fingerprint density at radius 2 is 1.38 bits per heavy atom. The van der Waals surface area contributed by atoms with Gasteiger partial charge in [0.05, 0.1) is 18.8 Å². The highest BCUT2D eigenvalue weighted by Gasteiger charge is 2.08. The molecule has 0 aromatic carbocycles. The van der Waals surface area contributed by atoms with Crippen molar-refractivity contribution in [1.29, 1.82) is 0 Å². The molecule has 2 atom stereocenters. The maximum absolute atomic E-state index is 9.52. The van der Waals surface area contributed by atoms with Crippen molar-refractivity contribution in [3.05, 3.63) is 24.3 Å². The zero-order chi connectivity index (χ0) is 15.8. The standard InChI is InChI=1S/C18H35NO2/c1-2-3-4-5-6-7-8-9-10-11-12-13-14-15-18(21)17(19)16-20/h4-5,14-15,17-18,20-21H,2-3,6-13,16,19H2,1H3/b5-4+,15-14+/t17-,18+/m0/s1. The monoisotopic (exact) mass is 297 g/mol. The van der Waals surface area contributed by atoms with Crippen LogP contribution in [0.3, 0.4) is 0 Å². The lowest BCUT2D eigenvalue weighted by Gasteiger charge is -2.11. The predicted molar refractivity (Wildman–Crippen MR) is 91.2 cm³/mol. The van der Waals surface area contributed by atoms with Crippen LogP contribution in [0.5, 0.6) is 0 Å². The molecule has 0 bridgehead atoms. The van der Waals surface area contributed by atoms with Gasteiger partial charge in [-0.05, 0) is 32.1 Å². The number of nitrogens with two attached hydrogens (primary N) is 1. The van der Waals surface area contributed by atoms with E-state index in [4.69, 9.17) is 10.8 Å². The average molecular weight is 297 g/mol. The Balaban J connectivity index is 3.27. The second-order valence-corrected chi connectivity index (χ2v) is 5.72. The van der Waals surface area contributed by atoms with Gasteiger partial charge in [0, 0.05) is 0 Å². The maximum Gasteiger partial charge on any atom is 0.0894 e. The maximum atomic E-state index is 9.52. The van der Waals surface area contributed by atoms with Gasteiger partial charge in [-0.15, -0.1) is 0 Å². The summed E-state index contributed by atoms with van der Waals surface area (Å²) in [6.45, 7) is 2.03. The summed E-state index contributed by atoms with van der Waals surface area (Å²) >= 11 is 0. The third-order valence-electron chi connectivity index (χ3n) is 3.60. The number of unbranched alkanes of at least 4 members (excludes halogenated alkanes) is 8. The molecule has 0 aromatic rings. The summed E-state index contributed by atoms with van der Waals surface area (Å²) < 4.78 is 0. The molecule has 0 radical (unpaired) electrons. The van der Waals surface area contributed by atoms with E-state index < -0.39 is 12.1 Å². The molecule has 3 heteroatoms. The lowest BCUT2D eigenvalue weighted by Crippen LogP contribution is -2.36. The molecule has 21 heavy (non-hydrogen) atoms. The van der Waals surface area contributed by atoms with E-state index in [-0.39, 0.29) is 6.61 Å². The number of allylic oxidation sites excluding steroid dienone is 3. The first-order valence-electron chi connectivity index (χ1n) is 8.58. The first kappa shape index (κ1) is 20.4. The Morgan fingerprint density at radius 3 is 1.95 bits per heavy atom. The molecular weight excluding hydrogens is 262 g/mol. The van der Waals surface area contributed by atoms with Crippen molar-refractivity contribution in [2.45, 2.75) is 83.3 Å². The van der Waals surface area contributed by atoms with Gasteiger partial charge < -0.3 is 15.9 Å². The van der Waals surface area contributed by atoms with Crippen LogP contribution in [-0.4, -0.2) is 29.0 Å². The van der Waals surface area contributed by atoms with Crippen LogP contribution in [0.2, 0.25) is 0 Å². The molecule has 124 valence electrons. The molecule has 3 nitrogen and oxygen atoms in total. The molecule has 0 aliphatic heterocycles. The Hall–Kier alpha value is -0.640. The van der Waals surface area contributed by atoms with Gasteiger partial charge >= 0.3 is 0 Å². The van der Waals surface area contributed by atoms with Gasteiger partial charge in [0.2, 0.25) is 0 Å². The van der Waals surface area contributed by atoms with E-state index in [1.165, 1.54) is 51.4 Å². The van der Waals surface area contributed by atoms with Gasteiger partial charge in [-0.25, -0.2) is 0 Å². The third kappa shape index (κ3) is 14.1. The molecule has 0 aliphatic carbocycles. The third-order valence-corrected chi connectivity index (χ3v) is 3.60. The molecule has 0 unspecified atom stereocenters. The molecule has 4 N–H and O–H groups in total. The van der Waals surface area contributed by atoms with Crippen molar-refractivity contribution < 1.29 is 10.2 Å². The summed E-state index contributed by atoms with van der Waals surface area (Å²) in [4.78, 5) is 0. The second kappa shape index (κ2) is 15.7. The lowest BCUT2D eigenvalue weighted by atomic mass is 10.1. The number of rotatable bonds is 14. The fourth-order valence-corrected chi connectivity index (χ4v) is 2.12. The van der Waals surface area contributed by atoms with Gasteiger partial charge in [0.15, 0.2) is 0 Å². The van der Waals surface area contributed by atoms with E-state index in [2.05, 4.69) is 19.1 Å². The van der Waals surface area contributed by atoms with E-state index in [1.807, 2.05) is 6.08 Å². The number of aliphatic hydroxyl groups excluding tert-OH is 2. The first-order chi connectivity index (χ1) is 10.2. The number of hydrogen-bond donors (Lipinski definition) is 3. The van der Waals surface area contributed by atoms with Crippen molar-refractivity contribution in [3.63, 3.8) is 0 Å². The van der Waals surface area contributed by atoms with Crippen molar-refractivity contribution in [1.82, 2.24) is 0 Å². The Labute approximate surface area is 130 Å². The lowest BCUT2D eigenvalue weighted by molar-refractivity contribution is 0.144. The molecule has 0 saturated heterocycles. The van der Waals surface area contributed by atoms with Crippen LogP contribution in [0, 0.1) is 0 Å². The largest absolute Gasteiger partial charge is 0.395 e. The SMILES string of the molecule is CCC/C=C/CCCCCCCC/C=C/[C@@H](O)[C@@H](N)CO. The molecule has 0 fully saturated rings. The number of aliphatic hydroxyl groups is 2. The smallest absolute Gasteiger partial charge is 0.0894 e. The molecule has 0 rings (SSSR count). The van der Waals surface area contributed by atoms with Crippen LogP contribution in [0.1, 0.15) is 71.1 Å². The van der Waals surface area contributed by atoms with Crippen LogP contribution in [0.4, 0.5) is 0 Å². The van der Waals surface area contributed by atoms with Crippen molar-refractivity contribution in [2.75, 3.05) is 6.61 Å². The number of hydrogen-bond acceptors (Lipinski definition) is 3. The summed E-state index contributed by atoms with van der Waals surface area (Å²) in [6.07, 6.45) is 19.9. The van der Waals surface area contributed by atoms with Gasteiger partial charge in [-0.1, -0.05) is 63.3 Å². The highest BCUT2D eigenvalue weighted by Crippen LogP contribution is 2.09.